The molecule has 1 aliphatic rings. The van der Waals surface area contributed by atoms with Crippen LogP contribution in [-0.4, -0.2) is 33.9 Å². The van der Waals surface area contributed by atoms with Crippen LogP contribution in [-0.2, 0) is 4.79 Å². The molecule has 1 aliphatic heterocycles. The predicted molar refractivity (Wildman–Crippen MR) is 82.7 cm³/mol. The Morgan fingerprint density at radius 2 is 2.09 bits per heavy atom. The topological polar surface area (TPSA) is 55.3 Å². The van der Waals surface area contributed by atoms with Crippen LogP contribution in [0.2, 0.25) is 0 Å². The Hall–Kier alpha value is -2.50. The molecule has 120 valence electrons. The van der Waals surface area contributed by atoms with Gasteiger partial charge in [-0.3, -0.25) is 9.78 Å². The van der Waals surface area contributed by atoms with Crippen molar-refractivity contribution in [3.8, 4) is 11.6 Å². The first-order valence-electron chi connectivity index (χ1n) is 7.64. The van der Waals surface area contributed by atoms with E-state index in [1.54, 1.807) is 36.2 Å². The Morgan fingerprint density at radius 1 is 1.30 bits per heavy atom. The van der Waals surface area contributed by atoms with Gasteiger partial charge < -0.3 is 9.64 Å². The molecule has 2 heterocycles. The molecule has 0 N–H and O–H groups in total. The SMILES string of the molecule is CC(=O)N1CCC[C@H](c2nccnc2Oc2ccccc2F)C1. The third kappa shape index (κ3) is 3.47. The summed E-state index contributed by atoms with van der Waals surface area (Å²) in [6, 6.07) is 6.19. The number of benzene rings is 1. The lowest BCUT2D eigenvalue weighted by molar-refractivity contribution is -0.130. The Balaban J connectivity index is 1.86. The highest BCUT2D eigenvalue weighted by Crippen LogP contribution is 2.33. The van der Waals surface area contributed by atoms with Crippen LogP contribution in [0.1, 0.15) is 31.4 Å². The second-order valence-corrected chi connectivity index (χ2v) is 5.58. The number of rotatable bonds is 3. The maximum Gasteiger partial charge on any atom is 0.241 e. The normalized spacial score (nSPS) is 17.8. The Labute approximate surface area is 134 Å². The minimum Gasteiger partial charge on any atom is -0.434 e. The van der Waals surface area contributed by atoms with Gasteiger partial charge in [0.05, 0.1) is 0 Å². The number of para-hydroxylation sites is 1. The number of nitrogens with zero attached hydrogens (tertiary/aromatic N) is 3. The number of aromatic nitrogens is 2. The van der Waals surface area contributed by atoms with Crippen molar-refractivity contribution in [1.82, 2.24) is 14.9 Å². The first kappa shape index (κ1) is 15.4. The third-order valence-corrected chi connectivity index (χ3v) is 3.99. The molecular weight excluding hydrogens is 297 g/mol. The fourth-order valence-corrected chi connectivity index (χ4v) is 2.81. The summed E-state index contributed by atoms with van der Waals surface area (Å²) in [5, 5.41) is 0. The van der Waals surface area contributed by atoms with E-state index in [0.717, 1.165) is 19.4 Å². The molecule has 1 saturated heterocycles. The van der Waals surface area contributed by atoms with Crippen molar-refractivity contribution in [2.75, 3.05) is 13.1 Å². The van der Waals surface area contributed by atoms with Crippen molar-refractivity contribution >= 4 is 5.91 Å². The summed E-state index contributed by atoms with van der Waals surface area (Å²) in [6.45, 7) is 2.91. The Bertz CT molecular complexity index is 708. The second kappa shape index (κ2) is 6.73. The molecule has 3 rings (SSSR count). The molecule has 0 saturated carbocycles. The molecule has 23 heavy (non-hydrogen) atoms. The summed E-state index contributed by atoms with van der Waals surface area (Å²) >= 11 is 0. The summed E-state index contributed by atoms with van der Waals surface area (Å²) in [6.07, 6.45) is 4.91. The summed E-state index contributed by atoms with van der Waals surface area (Å²) in [5.74, 6) is 0.0675. The molecule has 0 bridgehead atoms. The molecular formula is C17H18FN3O2. The molecule has 1 fully saturated rings. The number of carbonyl (C=O) groups excluding carboxylic acids is 1. The monoisotopic (exact) mass is 315 g/mol. The van der Waals surface area contributed by atoms with E-state index in [-0.39, 0.29) is 17.6 Å². The number of carbonyl (C=O) groups is 1. The van der Waals surface area contributed by atoms with Crippen LogP contribution < -0.4 is 4.74 Å². The molecule has 1 amide bonds. The smallest absolute Gasteiger partial charge is 0.241 e. The molecule has 1 aromatic heterocycles. The van der Waals surface area contributed by atoms with Crippen molar-refractivity contribution in [2.24, 2.45) is 0 Å². The highest BCUT2D eigenvalue weighted by Gasteiger charge is 2.27. The fraction of sp³-hybridized carbons (Fsp3) is 0.353. The molecule has 0 radical (unpaired) electrons. The van der Waals surface area contributed by atoms with Crippen LogP contribution in [0.5, 0.6) is 11.6 Å². The highest BCUT2D eigenvalue weighted by molar-refractivity contribution is 5.73. The Morgan fingerprint density at radius 3 is 2.87 bits per heavy atom. The van der Waals surface area contributed by atoms with Gasteiger partial charge in [0.15, 0.2) is 11.6 Å². The van der Waals surface area contributed by atoms with Gasteiger partial charge in [0.1, 0.15) is 5.69 Å². The van der Waals surface area contributed by atoms with Gasteiger partial charge in [-0.05, 0) is 25.0 Å². The molecule has 5 nitrogen and oxygen atoms in total. The van der Waals surface area contributed by atoms with Gasteiger partial charge in [-0.15, -0.1) is 0 Å². The number of likely N-dealkylation sites (tertiary alicyclic amines) is 1. The van der Waals surface area contributed by atoms with Crippen molar-refractivity contribution in [3.05, 3.63) is 48.2 Å². The van der Waals surface area contributed by atoms with Crippen LogP contribution in [0.25, 0.3) is 0 Å². The van der Waals surface area contributed by atoms with E-state index >= 15 is 0 Å². The van der Waals surface area contributed by atoms with E-state index in [4.69, 9.17) is 4.74 Å². The molecule has 0 spiro atoms. The van der Waals surface area contributed by atoms with Crippen molar-refractivity contribution < 1.29 is 13.9 Å². The van der Waals surface area contributed by atoms with E-state index in [9.17, 15) is 9.18 Å². The predicted octanol–water partition coefficient (Wildman–Crippen LogP) is 3.13. The zero-order valence-electron chi connectivity index (χ0n) is 12.9. The van der Waals surface area contributed by atoms with Crippen LogP contribution in [0.3, 0.4) is 0 Å². The summed E-state index contributed by atoms with van der Waals surface area (Å²) < 4.78 is 19.4. The van der Waals surface area contributed by atoms with Crippen LogP contribution in [0.4, 0.5) is 4.39 Å². The standard InChI is InChI=1S/C17H18FN3O2/c1-12(22)21-10-4-5-13(11-21)16-17(20-9-8-19-16)23-15-7-3-2-6-14(15)18/h2-3,6-9,13H,4-5,10-11H2,1H3/t13-/m0/s1. The largest absolute Gasteiger partial charge is 0.434 e. The molecule has 1 atom stereocenters. The first-order chi connectivity index (χ1) is 11.1. The van der Waals surface area contributed by atoms with Gasteiger partial charge >= 0.3 is 0 Å². The number of ether oxygens (including phenoxy) is 1. The maximum absolute atomic E-state index is 13.8. The van der Waals surface area contributed by atoms with E-state index in [1.165, 1.54) is 12.3 Å². The third-order valence-electron chi connectivity index (χ3n) is 3.99. The highest BCUT2D eigenvalue weighted by atomic mass is 19.1. The number of piperidine rings is 1. The molecule has 0 aliphatic carbocycles. The number of hydrogen-bond donors (Lipinski definition) is 0. The van der Waals surface area contributed by atoms with Crippen molar-refractivity contribution in [2.45, 2.75) is 25.7 Å². The minimum absolute atomic E-state index is 0.0446. The average Bonchev–Trinajstić information content (AvgIpc) is 2.57. The molecule has 6 heteroatoms. The number of hydrogen-bond acceptors (Lipinski definition) is 4. The van der Waals surface area contributed by atoms with E-state index in [0.29, 0.717) is 18.1 Å². The molecule has 0 unspecified atom stereocenters. The summed E-state index contributed by atoms with van der Waals surface area (Å²) in [4.78, 5) is 22.0. The first-order valence-corrected chi connectivity index (χ1v) is 7.64. The second-order valence-electron chi connectivity index (χ2n) is 5.58. The van der Waals surface area contributed by atoms with Gasteiger partial charge in [-0.25, -0.2) is 9.37 Å². The van der Waals surface area contributed by atoms with Crippen LogP contribution >= 0.6 is 0 Å². The van der Waals surface area contributed by atoms with E-state index in [2.05, 4.69) is 9.97 Å². The van der Waals surface area contributed by atoms with E-state index in [1.807, 2.05) is 0 Å². The average molecular weight is 315 g/mol. The van der Waals surface area contributed by atoms with Gasteiger partial charge in [-0.2, -0.15) is 0 Å². The fourth-order valence-electron chi connectivity index (χ4n) is 2.81. The number of amides is 1. The lowest BCUT2D eigenvalue weighted by Crippen LogP contribution is -2.38. The van der Waals surface area contributed by atoms with E-state index < -0.39 is 5.82 Å². The lowest BCUT2D eigenvalue weighted by Gasteiger charge is -2.32. The quantitative estimate of drug-likeness (QED) is 0.873. The van der Waals surface area contributed by atoms with Gasteiger partial charge in [0.25, 0.3) is 0 Å². The molecule has 2 aromatic rings. The number of halogens is 1. The van der Waals surface area contributed by atoms with Gasteiger partial charge in [0.2, 0.25) is 11.8 Å². The van der Waals surface area contributed by atoms with Gasteiger partial charge in [-0.1, -0.05) is 12.1 Å². The maximum atomic E-state index is 13.8. The lowest BCUT2D eigenvalue weighted by atomic mass is 9.94. The summed E-state index contributed by atoms with van der Waals surface area (Å²) in [7, 11) is 0. The molecule has 1 aromatic carbocycles. The zero-order valence-corrected chi connectivity index (χ0v) is 12.9. The summed E-state index contributed by atoms with van der Waals surface area (Å²) in [5.41, 5.74) is 0.668. The van der Waals surface area contributed by atoms with Crippen LogP contribution in [0.15, 0.2) is 36.7 Å². The Kier molecular flexibility index (Phi) is 4.50. The van der Waals surface area contributed by atoms with Crippen molar-refractivity contribution in [3.63, 3.8) is 0 Å². The van der Waals surface area contributed by atoms with Crippen LogP contribution in [0, 0.1) is 5.82 Å². The van der Waals surface area contributed by atoms with Gasteiger partial charge in [0, 0.05) is 38.3 Å². The minimum atomic E-state index is -0.446. The van der Waals surface area contributed by atoms with Crippen molar-refractivity contribution in [1.29, 1.82) is 0 Å². The zero-order chi connectivity index (χ0) is 16.2.